The van der Waals surface area contributed by atoms with E-state index < -0.39 is 12.3 Å². The second kappa shape index (κ2) is 9.59. The van der Waals surface area contributed by atoms with Gasteiger partial charge in [-0.05, 0) is 62.1 Å². The summed E-state index contributed by atoms with van der Waals surface area (Å²) < 4.78 is 40.0. The summed E-state index contributed by atoms with van der Waals surface area (Å²) in [4.78, 5) is 12.4. The SMILES string of the molecule is C=C(/C=C\C=C(/C)OC(F)(F)F)C(C)C(=O)Nc1ccc(C2CCNC2)cc1. The molecule has 28 heavy (non-hydrogen) atoms. The molecule has 1 aliphatic heterocycles. The van der Waals surface area contributed by atoms with Crippen LogP contribution >= 0.6 is 0 Å². The summed E-state index contributed by atoms with van der Waals surface area (Å²) in [6.07, 6.45) is 0.417. The van der Waals surface area contributed by atoms with Gasteiger partial charge in [-0.15, -0.1) is 13.2 Å². The molecule has 0 radical (unpaired) electrons. The zero-order valence-corrected chi connectivity index (χ0v) is 16.0. The molecule has 1 aliphatic rings. The van der Waals surface area contributed by atoms with Gasteiger partial charge in [0.05, 0.1) is 5.92 Å². The number of amides is 1. The first-order valence-corrected chi connectivity index (χ1v) is 9.07. The predicted molar refractivity (Wildman–Crippen MR) is 104 cm³/mol. The van der Waals surface area contributed by atoms with Crippen LogP contribution in [0.3, 0.4) is 0 Å². The first kappa shape index (κ1) is 21.8. The molecule has 1 heterocycles. The van der Waals surface area contributed by atoms with Crippen molar-refractivity contribution in [3.8, 4) is 0 Å². The molecule has 0 spiro atoms. The molecule has 1 aromatic carbocycles. The van der Waals surface area contributed by atoms with Crippen molar-refractivity contribution in [2.75, 3.05) is 18.4 Å². The van der Waals surface area contributed by atoms with Crippen LogP contribution in [0, 0.1) is 5.92 Å². The lowest BCUT2D eigenvalue weighted by atomic mass is 9.98. The maximum Gasteiger partial charge on any atom is 0.572 e. The number of hydrogen-bond donors (Lipinski definition) is 2. The minimum absolute atomic E-state index is 0.239. The Morgan fingerprint density at radius 3 is 2.61 bits per heavy atom. The van der Waals surface area contributed by atoms with Crippen molar-refractivity contribution >= 4 is 11.6 Å². The average Bonchev–Trinajstić information content (AvgIpc) is 3.14. The zero-order valence-electron chi connectivity index (χ0n) is 16.0. The largest absolute Gasteiger partial charge is 0.572 e. The van der Waals surface area contributed by atoms with E-state index in [1.165, 1.54) is 30.7 Å². The minimum atomic E-state index is -4.72. The smallest absolute Gasteiger partial charge is 0.411 e. The van der Waals surface area contributed by atoms with Crippen molar-refractivity contribution in [2.24, 2.45) is 5.92 Å². The molecule has 4 nitrogen and oxygen atoms in total. The Labute approximate surface area is 163 Å². The van der Waals surface area contributed by atoms with Crippen molar-refractivity contribution in [1.82, 2.24) is 5.32 Å². The number of nitrogens with one attached hydrogen (secondary N) is 2. The minimum Gasteiger partial charge on any atom is -0.411 e. The molecule has 0 aliphatic carbocycles. The Morgan fingerprint density at radius 2 is 2.04 bits per heavy atom. The molecule has 0 bridgehead atoms. The number of anilines is 1. The van der Waals surface area contributed by atoms with Gasteiger partial charge in [0.25, 0.3) is 0 Å². The van der Waals surface area contributed by atoms with Gasteiger partial charge in [0, 0.05) is 12.2 Å². The van der Waals surface area contributed by atoms with Crippen LogP contribution < -0.4 is 10.6 Å². The highest BCUT2D eigenvalue weighted by molar-refractivity contribution is 5.94. The molecule has 0 aromatic heterocycles. The first-order chi connectivity index (χ1) is 13.2. The molecule has 2 rings (SSSR count). The maximum atomic E-state index is 12.4. The third-order valence-corrected chi connectivity index (χ3v) is 4.58. The maximum absolute atomic E-state index is 12.4. The number of benzene rings is 1. The molecule has 152 valence electrons. The van der Waals surface area contributed by atoms with Gasteiger partial charge in [-0.25, -0.2) is 0 Å². The first-order valence-electron chi connectivity index (χ1n) is 9.07. The van der Waals surface area contributed by atoms with Crippen LogP contribution in [0.4, 0.5) is 18.9 Å². The summed E-state index contributed by atoms with van der Waals surface area (Å²) in [5.74, 6) is -0.568. The van der Waals surface area contributed by atoms with Crippen molar-refractivity contribution in [3.63, 3.8) is 0 Å². The van der Waals surface area contributed by atoms with E-state index in [1.54, 1.807) is 6.92 Å². The van der Waals surface area contributed by atoms with E-state index in [-0.39, 0.29) is 11.7 Å². The lowest BCUT2D eigenvalue weighted by Crippen LogP contribution is -2.21. The summed E-state index contributed by atoms with van der Waals surface area (Å²) in [5.41, 5.74) is 2.41. The Bertz CT molecular complexity index is 746. The quantitative estimate of drug-likeness (QED) is 0.511. The molecule has 7 heteroatoms. The fourth-order valence-electron chi connectivity index (χ4n) is 2.86. The van der Waals surface area contributed by atoms with Crippen LogP contribution in [0.2, 0.25) is 0 Å². The van der Waals surface area contributed by atoms with Gasteiger partial charge in [0.1, 0.15) is 5.76 Å². The summed E-state index contributed by atoms with van der Waals surface area (Å²) in [7, 11) is 0. The molecule has 0 saturated carbocycles. The van der Waals surface area contributed by atoms with Crippen molar-refractivity contribution in [1.29, 1.82) is 0 Å². The molecular formula is C21H25F3N2O2. The third kappa shape index (κ3) is 6.88. The molecule has 1 saturated heterocycles. The highest BCUT2D eigenvalue weighted by atomic mass is 19.4. The zero-order chi connectivity index (χ0) is 20.7. The summed E-state index contributed by atoms with van der Waals surface area (Å²) in [5, 5.41) is 6.16. The highest BCUT2D eigenvalue weighted by Gasteiger charge is 2.30. The van der Waals surface area contributed by atoms with Crippen molar-refractivity contribution in [3.05, 3.63) is 66.0 Å². The van der Waals surface area contributed by atoms with Crippen LogP contribution in [0.15, 0.2) is 60.4 Å². The lowest BCUT2D eigenvalue weighted by Gasteiger charge is -2.14. The Morgan fingerprint density at radius 1 is 1.36 bits per heavy atom. The van der Waals surface area contributed by atoms with E-state index in [0.29, 0.717) is 17.2 Å². The van der Waals surface area contributed by atoms with Crippen LogP contribution in [0.5, 0.6) is 0 Å². The van der Waals surface area contributed by atoms with E-state index in [0.717, 1.165) is 19.5 Å². The van der Waals surface area contributed by atoms with Crippen molar-refractivity contribution in [2.45, 2.75) is 32.5 Å². The van der Waals surface area contributed by atoms with Gasteiger partial charge in [-0.1, -0.05) is 30.9 Å². The summed E-state index contributed by atoms with van der Waals surface area (Å²) in [6, 6.07) is 7.77. The van der Waals surface area contributed by atoms with Gasteiger partial charge < -0.3 is 15.4 Å². The number of ether oxygens (including phenoxy) is 1. The molecular weight excluding hydrogens is 369 g/mol. The standard InChI is InChI=1S/C21H25F3N2O2/c1-14(5-4-6-15(2)28-21(22,23)24)16(3)20(27)26-19-9-7-17(8-10-19)18-11-12-25-13-18/h4-10,16,18,25H,1,11-13H2,2-3H3,(H,26,27)/b5-4-,15-6+. The van der Waals surface area contributed by atoms with E-state index in [4.69, 9.17) is 0 Å². The third-order valence-electron chi connectivity index (χ3n) is 4.58. The fourth-order valence-corrected chi connectivity index (χ4v) is 2.86. The summed E-state index contributed by atoms with van der Waals surface area (Å²) in [6.45, 7) is 8.68. The normalized spacial score (nSPS) is 18.9. The number of carbonyl (C=O) groups excluding carboxylic acids is 1. The van der Waals surface area contributed by atoms with E-state index in [1.807, 2.05) is 24.3 Å². The van der Waals surface area contributed by atoms with Gasteiger partial charge in [0.15, 0.2) is 0 Å². The van der Waals surface area contributed by atoms with Gasteiger partial charge in [0.2, 0.25) is 5.91 Å². The number of alkyl halides is 3. The van der Waals surface area contributed by atoms with Crippen molar-refractivity contribution < 1.29 is 22.7 Å². The van der Waals surface area contributed by atoms with E-state index in [2.05, 4.69) is 21.9 Å². The Kier molecular flexibility index (Phi) is 7.45. The Hall–Kier alpha value is -2.54. The van der Waals surface area contributed by atoms with Gasteiger partial charge >= 0.3 is 6.36 Å². The molecule has 1 amide bonds. The molecule has 1 fully saturated rings. The molecule has 1 aromatic rings. The summed E-state index contributed by atoms with van der Waals surface area (Å²) >= 11 is 0. The van der Waals surface area contributed by atoms with E-state index >= 15 is 0 Å². The second-order valence-electron chi connectivity index (χ2n) is 6.78. The average molecular weight is 394 g/mol. The van der Waals surface area contributed by atoms with Crippen LogP contribution in [0.1, 0.15) is 31.7 Å². The fraction of sp³-hybridized carbons (Fsp3) is 0.381. The van der Waals surface area contributed by atoms with Gasteiger partial charge in [-0.3, -0.25) is 4.79 Å². The number of hydrogen-bond acceptors (Lipinski definition) is 3. The van der Waals surface area contributed by atoms with Gasteiger partial charge in [-0.2, -0.15) is 0 Å². The van der Waals surface area contributed by atoms with Crippen LogP contribution in [-0.2, 0) is 9.53 Å². The highest BCUT2D eigenvalue weighted by Crippen LogP contribution is 2.24. The number of rotatable bonds is 7. The molecule has 2 atom stereocenters. The topological polar surface area (TPSA) is 50.4 Å². The van der Waals surface area contributed by atoms with E-state index in [9.17, 15) is 18.0 Å². The monoisotopic (exact) mass is 394 g/mol. The lowest BCUT2D eigenvalue weighted by molar-refractivity contribution is -0.305. The van der Waals surface area contributed by atoms with Crippen LogP contribution in [-0.4, -0.2) is 25.4 Å². The van der Waals surface area contributed by atoms with Crippen LogP contribution in [0.25, 0.3) is 0 Å². The number of carbonyl (C=O) groups is 1. The molecule has 2 N–H and O–H groups in total. The molecule has 2 unspecified atom stereocenters. The predicted octanol–water partition coefficient (Wildman–Crippen LogP) is 4.89. The number of allylic oxidation sites excluding steroid dienone is 4. The number of halogens is 3. The Balaban J connectivity index is 1.88. The second-order valence-corrected chi connectivity index (χ2v) is 6.78.